The highest BCUT2D eigenvalue weighted by Crippen LogP contribution is 2.29. The van der Waals surface area contributed by atoms with Gasteiger partial charge >= 0.3 is 0 Å². The van der Waals surface area contributed by atoms with Crippen LogP contribution in [0.25, 0.3) is 0 Å². The Bertz CT molecular complexity index is 760. The summed E-state index contributed by atoms with van der Waals surface area (Å²) in [4.78, 5) is 22.6. The summed E-state index contributed by atoms with van der Waals surface area (Å²) < 4.78 is 10.7. The number of benzene rings is 2. The van der Waals surface area contributed by atoms with E-state index >= 15 is 0 Å². The molecule has 0 saturated heterocycles. The van der Waals surface area contributed by atoms with Crippen molar-refractivity contribution in [3.63, 3.8) is 0 Å². The van der Waals surface area contributed by atoms with Crippen molar-refractivity contribution in [3.8, 4) is 11.5 Å². The lowest BCUT2D eigenvalue weighted by molar-refractivity contribution is -0.384. The molecular weight excluding hydrogens is 312 g/mol. The number of carbonyl (C=O) groups excluding carboxylic acids is 1. The number of nitro groups is 1. The number of hydrogen-bond donors (Lipinski definition) is 1. The van der Waals surface area contributed by atoms with Crippen LogP contribution in [0.4, 0.5) is 11.4 Å². The number of carbonyl (C=O) groups is 1. The van der Waals surface area contributed by atoms with Crippen molar-refractivity contribution in [1.29, 1.82) is 0 Å². The van der Waals surface area contributed by atoms with Gasteiger partial charge in [0.25, 0.3) is 11.6 Å². The molecule has 1 N–H and O–H groups in total. The van der Waals surface area contributed by atoms with Crippen LogP contribution in [-0.4, -0.2) is 24.0 Å². The number of nitrogens with one attached hydrogen (secondary N) is 1. The molecule has 2 rings (SSSR count). The molecule has 1 atom stereocenters. The molecule has 2 aromatic rings. The summed E-state index contributed by atoms with van der Waals surface area (Å²) in [6, 6.07) is 11.3. The number of anilines is 1. The molecule has 1 unspecified atom stereocenters. The largest absolute Gasteiger partial charge is 0.495 e. The zero-order valence-corrected chi connectivity index (χ0v) is 13.6. The molecule has 0 aliphatic carbocycles. The second-order valence-electron chi connectivity index (χ2n) is 5.21. The van der Waals surface area contributed by atoms with Crippen LogP contribution in [0.5, 0.6) is 11.5 Å². The van der Waals surface area contributed by atoms with Crippen LogP contribution in [0.2, 0.25) is 0 Å². The summed E-state index contributed by atoms with van der Waals surface area (Å²) in [5.74, 6) is 0.468. The van der Waals surface area contributed by atoms with E-state index in [4.69, 9.17) is 9.47 Å². The van der Waals surface area contributed by atoms with Crippen LogP contribution in [-0.2, 0) is 4.79 Å². The summed E-state index contributed by atoms with van der Waals surface area (Å²) in [7, 11) is 1.42. The second kappa shape index (κ2) is 7.45. The minimum Gasteiger partial charge on any atom is -0.495 e. The molecule has 0 heterocycles. The van der Waals surface area contributed by atoms with Gasteiger partial charge < -0.3 is 14.8 Å². The van der Waals surface area contributed by atoms with E-state index in [-0.39, 0.29) is 11.4 Å². The third kappa shape index (κ3) is 4.22. The van der Waals surface area contributed by atoms with Crippen LogP contribution >= 0.6 is 0 Å². The number of amides is 1. The van der Waals surface area contributed by atoms with Gasteiger partial charge in [0.05, 0.1) is 17.7 Å². The topological polar surface area (TPSA) is 90.7 Å². The number of nitro benzene ring substituents is 1. The minimum atomic E-state index is -0.782. The van der Waals surface area contributed by atoms with E-state index in [1.807, 2.05) is 25.1 Å². The molecular formula is C17H18N2O5. The first kappa shape index (κ1) is 17.3. The van der Waals surface area contributed by atoms with Gasteiger partial charge in [-0.25, -0.2) is 0 Å². The fourth-order valence-corrected chi connectivity index (χ4v) is 2.09. The Morgan fingerprint density at radius 2 is 2.00 bits per heavy atom. The highest BCUT2D eigenvalue weighted by atomic mass is 16.6. The maximum Gasteiger partial charge on any atom is 0.271 e. The molecule has 0 radical (unpaired) electrons. The zero-order chi connectivity index (χ0) is 17.7. The Morgan fingerprint density at radius 1 is 1.25 bits per heavy atom. The number of nitrogens with zero attached hydrogens (tertiary/aromatic N) is 1. The molecule has 0 saturated carbocycles. The number of aryl methyl sites for hydroxylation is 1. The van der Waals surface area contributed by atoms with Gasteiger partial charge in [-0.05, 0) is 37.6 Å². The van der Waals surface area contributed by atoms with Crippen LogP contribution in [0.1, 0.15) is 12.5 Å². The second-order valence-corrected chi connectivity index (χ2v) is 5.21. The third-order valence-corrected chi connectivity index (χ3v) is 3.32. The lowest BCUT2D eigenvalue weighted by Gasteiger charge is -2.16. The molecule has 0 bridgehead atoms. The van der Waals surface area contributed by atoms with Gasteiger partial charge in [0.15, 0.2) is 6.10 Å². The maximum atomic E-state index is 12.3. The quantitative estimate of drug-likeness (QED) is 0.648. The van der Waals surface area contributed by atoms with Gasteiger partial charge in [-0.2, -0.15) is 0 Å². The smallest absolute Gasteiger partial charge is 0.271 e. The van der Waals surface area contributed by atoms with Gasteiger partial charge in [-0.15, -0.1) is 0 Å². The first-order chi connectivity index (χ1) is 11.4. The number of non-ortho nitro benzene ring substituents is 1. The normalized spacial score (nSPS) is 11.5. The van der Waals surface area contributed by atoms with E-state index in [0.717, 1.165) is 5.56 Å². The molecule has 0 spiro atoms. The summed E-state index contributed by atoms with van der Waals surface area (Å²) in [5, 5.41) is 13.5. The molecule has 126 valence electrons. The van der Waals surface area contributed by atoms with Gasteiger partial charge in [0.1, 0.15) is 11.5 Å². The average molecular weight is 330 g/mol. The predicted molar refractivity (Wildman–Crippen MR) is 89.5 cm³/mol. The SMILES string of the molecule is COc1ccc([N+](=O)[O-])cc1NC(=O)C(C)Oc1cccc(C)c1. The summed E-state index contributed by atoms with van der Waals surface area (Å²) >= 11 is 0. The lowest BCUT2D eigenvalue weighted by Crippen LogP contribution is -2.30. The Morgan fingerprint density at radius 3 is 2.62 bits per heavy atom. The highest BCUT2D eigenvalue weighted by molar-refractivity contribution is 5.95. The van der Waals surface area contributed by atoms with Gasteiger partial charge in [-0.3, -0.25) is 14.9 Å². The fraction of sp³-hybridized carbons (Fsp3) is 0.235. The van der Waals surface area contributed by atoms with Crippen molar-refractivity contribution < 1.29 is 19.2 Å². The molecule has 0 fully saturated rings. The molecule has 1 amide bonds. The van der Waals surface area contributed by atoms with Crippen molar-refractivity contribution >= 4 is 17.3 Å². The number of hydrogen-bond acceptors (Lipinski definition) is 5. The van der Waals surface area contributed by atoms with Crippen molar-refractivity contribution in [2.24, 2.45) is 0 Å². The molecule has 0 aromatic heterocycles. The fourth-order valence-electron chi connectivity index (χ4n) is 2.09. The zero-order valence-electron chi connectivity index (χ0n) is 13.6. The van der Waals surface area contributed by atoms with E-state index in [1.165, 1.54) is 25.3 Å². The van der Waals surface area contributed by atoms with Crippen LogP contribution in [0.15, 0.2) is 42.5 Å². The minimum absolute atomic E-state index is 0.140. The standard InChI is InChI=1S/C17H18N2O5/c1-11-5-4-6-14(9-11)24-12(2)17(20)18-15-10-13(19(21)22)7-8-16(15)23-3/h4-10,12H,1-3H3,(H,18,20). The molecule has 24 heavy (non-hydrogen) atoms. The van der Waals surface area contributed by atoms with E-state index in [9.17, 15) is 14.9 Å². The lowest BCUT2D eigenvalue weighted by atomic mass is 10.2. The molecule has 2 aromatic carbocycles. The van der Waals surface area contributed by atoms with Gasteiger partial charge in [0.2, 0.25) is 0 Å². The Kier molecular flexibility index (Phi) is 5.36. The first-order valence-corrected chi connectivity index (χ1v) is 7.27. The van der Waals surface area contributed by atoms with Crippen LogP contribution in [0.3, 0.4) is 0 Å². The van der Waals surface area contributed by atoms with E-state index in [0.29, 0.717) is 11.5 Å². The van der Waals surface area contributed by atoms with Gasteiger partial charge in [0, 0.05) is 12.1 Å². The van der Waals surface area contributed by atoms with Crippen LogP contribution in [0, 0.1) is 17.0 Å². The molecule has 7 nitrogen and oxygen atoms in total. The number of rotatable bonds is 6. The highest BCUT2D eigenvalue weighted by Gasteiger charge is 2.19. The van der Waals surface area contributed by atoms with Crippen molar-refractivity contribution in [2.45, 2.75) is 20.0 Å². The Labute approximate surface area is 139 Å². The van der Waals surface area contributed by atoms with E-state index in [2.05, 4.69) is 5.32 Å². The summed E-state index contributed by atoms with van der Waals surface area (Å²) in [6.07, 6.45) is -0.782. The first-order valence-electron chi connectivity index (χ1n) is 7.27. The number of methoxy groups -OCH3 is 1. The van der Waals surface area contributed by atoms with E-state index < -0.39 is 16.9 Å². The monoisotopic (exact) mass is 330 g/mol. The maximum absolute atomic E-state index is 12.3. The molecule has 0 aliphatic heterocycles. The Balaban J connectivity index is 2.13. The summed E-state index contributed by atoms with van der Waals surface area (Å²) in [5.41, 5.74) is 1.09. The molecule has 7 heteroatoms. The predicted octanol–water partition coefficient (Wildman–Crippen LogP) is 3.32. The number of ether oxygens (including phenoxy) is 2. The molecule has 0 aliphatic rings. The Hall–Kier alpha value is -3.09. The van der Waals surface area contributed by atoms with Gasteiger partial charge in [-0.1, -0.05) is 12.1 Å². The van der Waals surface area contributed by atoms with Crippen molar-refractivity contribution in [3.05, 3.63) is 58.1 Å². The average Bonchev–Trinajstić information content (AvgIpc) is 2.54. The summed E-state index contributed by atoms with van der Waals surface area (Å²) in [6.45, 7) is 3.52. The van der Waals surface area contributed by atoms with Crippen molar-refractivity contribution in [1.82, 2.24) is 0 Å². The van der Waals surface area contributed by atoms with Crippen molar-refractivity contribution in [2.75, 3.05) is 12.4 Å². The third-order valence-electron chi connectivity index (χ3n) is 3.32. The van der Waals surface area contributed by atoms with Crippen LogP contribution < -0.4 is 14.8 Å². The van der Waals surface area contributed by atoms with E-state index in [1.54, 1.807) is 13.0 Å².